The Kier molecular flexibility index (Phi) is 5.56. The van der Waals surface area contributed by atoms with Crippen molar-refractivity contribution >= 4 is 17.6 Å². The number of piperazine rings is 1. The molecule has 32 heavy (non-hydrogen) atoms. The number of hydrogen-bond acceptors (Lipinski definition) is 5. The molecule has 2 aliphatic heterocycles. The Morgan fingerprint density at radius 1 is 1.19 bits per heavy atom. The molecule has 1 aromatic heterocycles. The summed E-state index contributed by atoms with van der Waals surface area (Å²) in [5.74, 6) is -2.69. The van der Waals surface area contributed by atoms with Gasteiger partial charge in [-0.3, -0.25) is 14.5 Å². The highest BCUT2D eigenvalue weighted by Gasteiger charge is 2.47. The molecule has 2 saturated heterocycles. The van der Waals surface area contributed by atoms with Gasteiger partial charge in [0, 0.05) is 18.7 Å². The van der Waals surface area contributed by atoms with E-state index in [4.69, 9.17) is 10.00 Å². The lowest BCUT2D eigenvalue weighted by atomic mass is 9.92. The van der Waals surface area contributed by atoms with E-state index >= 15 is 0 Å². The molecular formula is C21H16F4N4O3. The lowest BCUT2D eigenvalue weighted by molar-refractivity contribution is -0.155. The van der Waals surface area contributed by atoms with E-state index in [1.165, 1.54) is 17.0 Å². The first-order valence-electron chi connectivity index (χ1n) is 9.59. The molecule has 0 radical (unpaired) electrons. The minimum Gasteiger partial charge on any atom is -0.380 e. The number of carbonyl (C=O) groups excluding carboxylic acids is 2. The number of nitrogens with zero attached hydrogens (tertiary/aromatic N) is 4. The van der Waals surface area contributed by atoms with E-state index in [-0.39, 0.29) is 37.1 Å². The Labute approximate surface area is 179 Å². The summed E-state index contributed by atoms with van der Waals surface area (Å²) in [5.41, 5.74) is -0.435. The van der Waals surface area contributed by atoms with Crippen molar-refractivity contribution in [2.24, 2.45) is 5.92 Å². The van der Waals surface area contributed by atoms with E-state index < -0.39 is 42.0 Å². The van der Waals surface area contributed by atoms with Gasteiger partial charge >= 0.3 is 6.18 Å². The van der Waals surface area contributed by atoms with Gasteiger partial charge in [0.1, 0.15) is 18.7 Å². The number of aromatic nitrogens is 1. The molecule has 3 heterocycles. The van der Waals surface area contributed by atoms with Gasteiger partial charge in [0.2, 0.25) is 5.91 Å². The van der Waals surface area contributed by atoms with Crippen LogP contribution < -0.4 is 4.90 Å². The summed E-state index contributed by atoms with van der Waals surface area (Å²) in [6.45, 7) is -0.144. The highest BCUT2D eigenvalue weighted by atomic mass is 19.4. The molecule has 166 valence electrons. The molecule has 4 rings (SSSR count). The normalized spacial score (nSPS) is 19.7. The number of pyridine rings is 1. The molecule has 11 heteroatoms. The molecule has 0 aliphatic carbocycles. The van der Waals surface area contributed by atoms with Gasteiger partial charge in [0.25, 0.3) is 5.91 Å². The summed E-state index contributed by atoms with van der Waals surface area (Å²) in [5, 5.41) is 8.87. The third-order valence-electron chi connectivity index (χ3n) is 5.42. The first-order valence-corrected chi connectivity index (χ1v) is 9.59. The van der Waals surface area contributed by atoms with Gasteiger partial charge in [-0.15, -0.1) is 0 Å². The van der Waals surface area contributed by atoms with Gasteiger partial charge in [-0.2, -0.15) is 18.4 Å². The number of carbonyl (C=O) groups is 2. The monoisotopic (exact) mass is 448 g/mol. The maximum atomic E-state index is 14.5. The fourth-order valence-corrected chi connectivity index (χ4v) is 3.70. The summed E-state index contributed by atoms with van der Waals surface area (Å²) in [6, 6.07) is 6.02. The third kappa shape index (κ3) is 4.01. The van der Waals surface area contributed by atoms with Crippen molar-refractivity contribution in [3.63, 3.8) is 0 Å². The quantitative estimate of drug-likeness (QED) is 0.671. The molecule has 1 unspecified atom stereocenters. The molecule has 1 atom stereocenters. The van der Waals surface area contributed by atoms with E-state index in [1.807, 2.05) is 0 Å². The van der Waals surface area contributed by atoms with Crippen LogP contribution in [0, 0.1) is 23.1 Å². The second-order valence-corrected chi connectivity index (χ2v) is 7.52. The van der Waals surface area contributed by atoms with E-state index in [0.29, 0.717) is 5.56 Å². The van der Waals surface area contributed by atoms with Gasteiger partial charge in [-0.1, -0.05) is 12.1 Å². The lowest BCUT2D eigenvalue weighted by Crippen LogP contribution is -2.65. The number of ether oxygens (including phenoxy) is 1. The average Bonchev–Trinajstić information content (AvgIpc) is 2.71. The van der Waals surface area contributed by atoms with Crippen molar-refractivity contribution in [2.45, 2.75) is 18.8 Å². The van der Waals surface area contributed by atoms with Crippen LogP contribution in [0.15, 0.2) is 36.5 Å². The summed E-state index contributed by atoms with van der Waals surface area (Å²) in [4.78, 5) is 32.3. The minimum absolute atomic E-state index is 0.0325. The van der Waals surface area contributed by atoms with E-state index in [0.717, 1.165) is 29.3 Å². The number of anilines is 1. The largest absolute Gasteiger partial charge is 0.416 e. The maximum absolute atomic E-state index is 14.5. The van der Waals surface area contributed by atoms with Gasteiger partial charge in [-0.05, 0) is 23.8 Å². The number of alkyl halides is 3. The Hall–Kier alpha value is -3.52. The van der Waals surface area contributed by atoms with Gasteiger partial charge in [0.15, 0.2) is 11.6 Å². The molecule has 2 amide bonds. The van der Waals surface area contributed by atoms with Crippen molar-refractivity contribution in [3.05, 3.63) is 59.0 Å². The van der Waals surface area contributed by atoms with Crippen LogP contribution in [-0.2, 0) is 27.0 Å². The van der Waals surface area contributed by atoms with E-state index in [9.17, 15) is 27.2 Å². The first-order chi connectivity index (χ1) is 15.2. The van der Waals surface area contributed by atoms with Crippen molar-refractivity contribution in [2.75, 3.05) is 24.7 Å². The van der Waals surface area contributed by atoms with Crippen LogP contribution in [0.3, 0.4) is 0 Å². The minimum atomic E-state index is -4.49. The second-order valence-electron chi connectivity index (χ2n) is 7.52. The van der Waals surface area contributed by atoms with Crippen LogP contribution in [0.2, 0.25) is 0 Å². The molecule has 1 aromatic carbocycles. The van der Waals surface area contributed by atoms with Crippen LogP contribution >= 0.6 is 0 Å². The Bertz CT molecular complexity index is 1090. The van der Waals surface area contributed by atoms with Crippen LogP contribution in [0.4, 0.5) is 23.4 Å². The van der Waals surface area contributed by atoms with Crippen LogP contribution in [0.1, 0.15) is 16.7 Å². The predicted molar refractivity (Wildman–Crippen MR) is 101 cm³/mol. The summed E-state index contributed by atoms with van der Waals surface area (Å²) < 4.78 is 58.1. The summed E-state index contributed by atoms with van der Waals surface area (Å²) >= 11 is 0. The van der Waals surface area contributed by atoms with Crippen molar-refractivity contribution in [3.8, 4) is 6.07 Å². The molecule has 7 nitrogen and oxygen atoms in total. The number of halogens is 4. The van der Waals surface area contributed by atoms with Crippen LogP contribution in [-0.4, -0.2) is 47.5 Å². The number of benzene rings is 1. The zero-order valence-electron chi connectivity index (χ0n) is 16.5. The highest BCUT2D eigenvalue weighted by molar-refractivity contribution is 6.06. The zero-order chi connectivity index (χ0) is 23.0. The molecule has 0 saturated carbocycles. The van der Waals surface area contributed by atoms with Crippen molar-refractivity contribution in [1.29, 1.82) is 5.26 Å². The lowest BCUT2D eigenvalue weighted by Gasteiger charge is -2.45. The number of rotatable bonds is 4. The van der Waals surface area contributed by atoms with Gasteiger partial charge in [-0.25, -0.2) is 9.37 Å². The molecular weight excluding hydrogens is 432 g/mol. The second kappa shape index (κ2) is 8.20. The van der Waals surface area contributed by atoms with Crippen molar-refractivity contribution < 1.29 is 31.9 Å². The smallest absolute Gasteiger partial charge is 0.380 e. The molecule has 0 bridgehead atoms. The Morgan fingerprint density at radius 3 is 2.41 bits per heavy atom. The topological polar surface area (TPSA) is 86.5 Å². The standard InChI is InChI=1S/C21H16F4N4O3/c22-16-5-13(6-26)7-27-19(16)29-9-17(30)28(18(20(29)31)14-10-32-11-14)8-12-1-3-15(4-2-12)21(23,24)25/h1-5,7,14,18H,8-11H2. The zero-order valence-corrected chi connectivity index (χ0v) is 16.5. The number of amides is 2. The molecule has 0 N–H and O–H groups in total. The summed E-state index contributed by atoms with van der Waals surface area (Å²) in [7, 11) is 0. The fraction of sp³-hybridized carbons (Fsp3) is 0.333. The van der Waals surface area contributed by atoms with E-state index in [2.05, 4.69) is 4.98 Å². The fourth-order valence-electron chi connectivity index (χ4n) is 3.70. The van der Waals surface area contributed by atoms with Gasteiger partial charge in [0.05, 0.1) is 24.3 Å². The SMILES string of the molecule is N#Cc1cnc(N2CC(=O)N(Cc3ccc(C(F)(F)F)cc3)C(C3COC3)C2=O)c(F)c1. The van der Waals surface area contributed by atoms with Crippen molar-refractivity contribution in [1.82, 2.24) is 9.88 Å². The highest BCUT2D eigenvalue weighted by Crippen LogP contribution is 2.32. The Balaban J connectivity index is 1.61. The average molecular weight is 448 g/mol. The molecule has 2 aromatic rings. The summed E-state index contributed by atoms with van der Waals surface area (Å²) in [6.07, 6.45) is -3.38. The molecule has 2 aliphatic rings. The predicted octanol–water partition coefficient (Wildman–Crippen LogP) is 2.50. The first kappa shape index (κ1) is 21.7. The maximum Gasteiger partial charge on any atom is 0.416 e. The number of hydrogen-bond donors (Lipinski definition) is 0. The Morgan fingerprint density at radius 2 is 1.88 bits per heavy atom. The molecule has 0 spiro atoms. The van der Waals surface area contributed by atoms with Crippen LogP contribution in [0.25, 0.3) is 0 Å². The van der Waals surface area contributed by atoms with Crippen LogP contribution in [0.5, 0.6) is 0 Å². The number of nitriles is 1. The third-order valence-corrected chi connectivity index (χ3v) is 5.42. The van der Waals surface area contributed by atoms with E-state index in [1.54, 1.807) is 6.07 Å². The van der Waals surface area contributed by atoms with Gasteiger partial charge < -0.3 is 9.64 Å². The molecule has 2 fully saturated rings.